The summed E-state index contributed by atoms with van der Waals surface area (Å²) >= 11 is 0.0945. The Balaban J connectivity index is 2.40. The predicted molar refractivity (Wildman–Crippen MR) is 66.9 cm³/mol. The molecule has 0 saturated heterocycles. The van der Waals surface area contributed by atoms with Crippen molar-refractivity contribution < 1.29 is 0 Å². The van der Waals surface area contributed by atoms with Gasteiger partial charge in [-0.25, -0.2) is 0 Å². The first-order chi connectivity index (χ1) is 7.86. The summed E-state index contributed by atoms with van der Waals surface area (Å²) in [7, 11) is 0. The van der Waals surface area contributed by atoms with Crippen LogP contribution in [0.5, 0.6) is 0 Å². The van der Waals surface area contributed by atoms with Gasteiger partial charge in [-0.05, 0) is 0 Å². The van der Waals surface area contributed by atoms with Crippen LogP contribution in [0.25, 0.3) is 20.8 Å². The van der Waals surface area contributed by atoms with Crippen molar-refractivity contribution in [3.05, 3.63) is 58.9 Å². The molecule has 0 spiro atoms. The number of hydrogen-bond donors (Lipinski definition) is 1. The second-order valence-electron chi connectivity index (χ2n) is 3.58. The number of fused-ring (bicyclic) bond motifs is 1. The first kappa shape index (κ1) is 9.64. The van der Waals surface area contributed by atoms with Crippen molar-refractivity contribution in [1.29, 1.82) is 0 Å². The van der Waals surface area contributed by atoms with Crippen LogP contribution in [0.4, 0.5) is 0 Å². The van der Waals surface area contributed by atoms with E-state index in [0.717, 1.165) is 20.8 Å². The molecule has 0 radical (unpaired) electrons. The molecule has 3 rings (SSSR count). The summed E-state index contributed by atoms with van der Waals surface area (Å²) in [5, 5.41) is 0.855. The minimum absolute atomic E-state index is 0.0643. The van der Waals surface area contributed by atoms with E-state index in [9.17, 15) is 4.79 Å². The Labute approximate surface area is 98.5 Å². The molecular formula is C13H9NOSe. The number of aromatic nitrogens is 1. The van der Waals surface area contributed by atoms with Crippen molar-refractivity contribution in [2.45, 2.75) is 0 Å². The van der Waals surface area contributed by atoms with Gasteiger partial charge < -0.3 is 0 Å². The average Bonchev–Trinajstić information content (AvgIpc) is 2.73. The van der Waals surface area contributed by atoms with E-state index in [1.807, 2.05) is 48.5 Å². The van der Waals surface area contributed by atoms with Gasteiger partial charge in [-0.15, -0.1) is 0 Å². The number of rotatable bonds is 1. The number of hydrogen-bond acceptors (Lipinski definition) is 1. The van der Waals surface area contributed by atoms with Crippen LogP contribution in [0.1, 0.15) is 0 Å². The monoisotopic (exact) mass is 275 g/mol. The molecule has 0 aliphatic rings. The third-order valence-electron chi connectivity index (χ3n) is 2.59. The summed E-state index contributed by atoms with van der Waals surface area (Å²) in [5.74, 6) is 0. The van der Waals surface area contributed by atoms with Gasteiger partial charge in [0.05, 0.1) is 0 Å². The molecule has 0 fully saturated rings. The maximum absolute atomic E-state index is 11.8. The van der Waals surface area contributed by atoms with E-state index in [1.54, 1.807) is 0 Å². The van der Waals surface area contributed by atoms with Crippen LogP contribution in [0.2, 0.25) is 0 Å². The topological polar surface area (TPSA) is 32.9 Å². The quantitative estimate of drug-likeness (QED) is 0.678. The van der Waals surface area contributed by atoms with E-state index in [-0.39, 0.29) is 20.3 Å². The van der Waals surface area contributed by atoms with Crippen LogP contribution in [-0.2, 0) is 0 Å². The van der Waals surface area contributed by atoms with Crippen molar-refractivity contribution in [2.24, 2.45) is 0 Å². The first-order valence-corrected chi connectivity index (χ1v) is 6.73. The van der Waals surface area contributed by atoms with Crippen molar-refractivity contribution in [3.8, 4) is 11.1 Å². The number of benzene rings is 2. The Morgan fingerprint density at radius 2 is 1.75 bits per heavy atom. The van der Waals surface area contributed by atoms with Crippen LogP contribution < -0.4 is 5.56 Å². The Hall–Kier alpha value is -1.57. The molecule has 1 heterocycles. The van der Waals surface area contributed by atoms with Gasteiger partial charge >= 0.3 is 98.4 Å². The zero-order valence-corrected chi connectivity index (χ0v) is 10.1. The molecular weight excluding hydrogens is 265 g/mol. The summed E-state index contributed by atoms with van der Waals surface area (Å²) in [4.78, 5) is 11.8. The van der Waals surface area contributed by atoms with Crippen LogP contribution in [-0.4, -0.2) is 18.7 Å². The third kappa shape index (κ3) is 1.45. The van der Waals surface area contributed by atoms with Crippen LogP contribution in [0.3, 0.4) is 0 Å². The average molecular weight is 274 g/mol. The normalized spacial score (nSPS) is 10.8. The van der Waals surface area contributed by atoms with E-state index in [1.165, 1.54) is 0 Å². The van der Waals surface area contributed by atoms with Crippen molar-refractivity contribution in [1.82, 2.24) is 3.98 Å². The molecule has 0 bridgehead atoms. The van der Waals surface area contributed by atoms with Crippen LogP contribution >= 0.6 is 0 Å². The van der Waals surface area contributed by atoms with Gasteiger partial charge in [0.25, 0.3) is 0 Å². The Morgan fingerprint density at radius 3 is 2.56 bits per heavy atom. The number of nitrogens with one attached hydrogen (secondary N) is 1. The zero-order chi connectivity index (χ0) is 11.0. The van der Waals surface area contributed by atoms with Gasteiger partial charge in [-0.1, -0.05) is 0 Å². The molecule has 1 N–H and O–H groups in total. The molecule has 3 aromatic rings. The molecule has 3 heteroatoms. The number of H-pyrrole nitrogens is 1. The summed E-state index contributed by atoms with van der Waals surface area (Å²) in [6.45, 7) is 0. The van der Waals surface area contributed by atoms with Gasteiger partial charge in [-0.2, -0.15) is 0 Å². The Morgan fingerprint density at radius 1 is 0.938 bits per heavy atom. The predicted octanol–water partition coefficient (Wildman–Crippen LogP) is 2.25. The molecule has 0 aliphatic carbocycles. The van der Waals surface area contributed by atoms with Crippen LogP contribution in [0.15, 0.2) is 53.3 Å². The first-order valence-electron chi connectivity index (χ1n) is 5.02. The fourth-order valence-corrected chi connectivity index (χ4v) is 3.45. The van der Waals surface area contributed by atoms with Gasteiger partial charge in [0.2, 0.25) is 0 Å². The standard InChI is InChI=1S/C13H9NOSe/c15-13-12-10(9-5-2-1-3-6-9)7-4-8-11(12)16-14-13/h1-8H,(H,14,15). The van der Waals surface area contributed by atoms with Gasteiger partial charge in [0, 0.05) is 0 Å². The zero-order valence-electron chi connectivity index (χ0n) is 8.44. The van der Waals surface area contributed by atoms with E-state index >= 15 is 0 Å². The second kappa shape index (κ2) is 3.78. The molecule has 2 nitrogen and oxygen atoms in total. The van der Waals surface area contributed by atoms with Crippen molar-refractivity contribution in [3.63, 3.8) is 0 Å². The second-order valence-corrected chi connectivity index (χ2v) is 5.36. The molecule has 0 aliphatic heterocycles. The van der Waals surface area contributed by atoms with Crippen molar-refractivity contribution >= 4 is 24.4 Å². The van der Waals surface area contributed by atoms with Crippen LogP contribution in [0, 0.1) is 0 Å². The SMILES string of the molecule is O=c1[nH][se]c2cccc(-c3ccccc3)c12. The van der Waals surface area contributed by atoms with Gasteiger partial charge in [0.15, 0.2) is 0 Å². The van der Waals surface area contributed by atoms with Crippen molar-refractivity contribution in [2.75, 3.05) is 0 Å². The van der Waals surface area contributed by atoms with Gasteiger partial charge in [-0.3, -0.25) is 0 Å². The van der Waals surface area contributed by atoms with E-state index in [0.29, 0.717) is 0 Å². The summed E-state index contributed by atoms with van der Waals surface area (Å²) in [6, 6.07) is 16.1. The minimum atomic E-state index is 0.0643. The number of aromatic amines is 1. The molecule has 0 saturated carbocycles. The fourth-order valence-electron chi connectivity index (χ4n) is 1.86. The molecule has 2 aromatic carbocycles. The molecule has 0 unspecified atom stereocenters. The Bertz CT molecular complexity index is 682. The fraction of sp³-hybridized carbons (Fsp3) is 0. The van der Waals surface area contributed by atoms with E-state index in [4.69, 9.17) is 0 Å². The van der Waals surface area contributed by atoms with E-state index < -0.39 is 0 Å². The summed E-state index contributed by atoms with van der Waals surface area (Å²) in [5.41, 5.74) is 2.21. The molecule has 0 amide bonds. The van der Waals surface area contributed by atoms with E-state index in [2.05, 4.69) is 3.98 Å². The Kier molecular flexibility index (Phi) is 2.28. The summed E-state index contributed by atoms with van der Waals surface area (Å²) < 4.78 is 4.07. The third-order valence-corrected chi connectivity index (χ3v) is 4.37. The van der Waals surface area contributed by atoms with Gasteiger partial charge in [0.1, 0.15) is 0 Å². The summed E-state index contributed by atoms with van der Waals surface area (Å²) in [6.07, 6.45) is 0. The molecule has 16 heavy (non-hydrogen) atoms. The molecule has 1 aromatic heterocycles. The molecule has 78 valence electrons. The maximum atomic E-state index is 11.8. The molecule has 0 atom stereocenters.